The van der Waals surface area contributed by atoms with Gasteiger partial charge in [-0.15, -0.1) is 0 Å². The lowest BCUT2D eigenvalue weighted by Crippen LogP contribution is -2.52. The van der Waals surface area contributed by atoms with Crippen molar-refractivity contribution in [1.29, 1.82) is 0 Å². The summed E-state index contributed by atoms with van der Waals surface area (Å²) in [5.41, 5.74) is 2.04. The first-order chi connectivity index (χ1) is 12.6. The number of benzene rings is 2. The van der Waals surface area contributed by atoms with Gasteiger partial charge in [0, 0.05) is 37.9 Å². The first-order valence-corrected chi connectivity index (χ1v) is 9.23. The molecule has 1 aliphatic rings. The SMILES string of the molecule is C[C@H](NC(=O)Nc1ccccc1)[C@H](c1ccccc1)N1CCN(C)CC1. The van der Waals surface area contributed by atoms with Gasteiger partial charge in [0.05, 0.1) is 6.04 Å². The summed E-state index contributed by atoms with van der Waals surface area (Å²) in [7, 11) is 2.16. The van der Waals surface area contributed by atoms with E-state index in [0.717, 1.165) is 31.9 Å². The molecule has 2 N–H and O–H groups in total. The summed E-state index contributed by atoms with van der Waals surface area (Å²) in [6, 6.07) is 20.0. The molecule has 5 nitrogen and oxygen atoms in total. The normalized spacial score (nSPS) is 18.1. The van der Waals surface area contributed by atoms with E-state index in [-0.39, 0.29) is 18.1 Å². The van der Waals surface area contributed by atoms with Crippen molar-refractivity contribution >= 4 is 11.7 Å². The number of carbonyl (C=O) groups excluding carboxylic acids is 1. The molecule has 1 heterocycles. The Labute approximate surface area is 156 Å². The van der Waals surface area contributed by atoms with E-state index in [4.69, 9.17) is 0 Å². The average molecular weight is 352 g/mol. The highest BCUT2D eigenvalue weighted by Crippen LogP contribution is 2.25. The van der Waals surface area contributed by atoms with Crippen LogP contribution in [0, 0.1) is 0 Å². The first-order valence-electron chi connectivity index (χ1n) is 9.23. The number of carbonyl (C=O) groups is 1. The van der Waals surface area contributed by atoms with Crippen LogP contribution in [0.5, 0.6) is 0 Å². The fourth-order valence-corrected chi connectivity index (χ4v) is 3.54. The molecule has 1 fully saturated rings. The molecular weight excluding hydrogens is 324 g/mol. The van der Waals surface area contributed by atoms with Crippen LogP contribution in [0.25, 0.3) is 0 Å². The summed E-state index contributed by atoms with van der Waals surface area (Å²) in [4.78, 5) is 17.3. The van der Waals surface area contributed by atoms with Crippen LogP contribution in [0.15, 0.2) is 60.7 Å². The van der Waals surface area contributed by atoms with Crippen LogP contribution in [0.1, 0.15) is 18.5 Å². The third-order valence-corrected chi connectivity index (χ3v) is 4.94. The maximum absolute atomic E-state index is 12.4. The van der Waals surface area contributed by atoms with Gasteiger partial charge in [-0.05, 0) is 31.7 Å². The van der Waals surface area contributed by atoms with Crippen molar-refractivity contribution in [3.8, 4) is 0 Å². The number of hydrogen-bond donors (Lipinski definition) is 2. The average Bonchev–Trinajstić information content (AvgIpc) is 2.65. The number of anilines is 1. The van der Waals surface area contributed by atoms with Gasteiger partial charge in [0.2, 0.25) is 0 Å². The third kappa shape index (κ3) is 4.84. The topological polar surface area (TPSA) is 47.6 Å². The highest BCUT2D eigenvalue weighted by atomic mass is 16.2. The molecule has 138 valence electrons. The second-order valence-electron chi connectivity index (χ2n) is 6.95. The van der Waals surface area contributed by atoms with E-state index in [0.29, 0.717) is 0 Å². The molecule has 0 spiro atoms. The fourth-order valence-electron chi connectivity index (χ4n) is 3.54. The Morgan fingerprint density at radius 1 is 0.923 bits per heavy atom. The zero-order valence-corrected chi connectivity index (χ0v) is 15.6. The molecule has 2 aromatic rings. The number of piperazine rings is 1. The fraction of sp³-hybridized carbons (Fsp3) is 0.381. The zero-order chi connectivity index (χ0) is 18.4. The summed E-state index contributed by atoms with van der Waals surface area (Å²) in [6.45, 7) is 6.18. The molecule has 0 radical (unpaired) electrons. The minimum Gasteiger partial charge on any atom is -0.333 e. The molecule has 2 atom stereocenters. The van der Waals surface area contributed by atoms with Gasteiger partial charge < -0.3 is 15.5 Å². The van der Waals surface area contributed by atoms with E-state index in [1.165, 1.54) is 5.56 Å². The molecule has 26 heavy (non-hydrogen) atoms. The molecule has 0 aromatic heterocycles. The van der Waals surface area contributed by atoms with Gasteiger partial charge in [-0.1, -0.05) is 48.5 Å². The number of nitrogens with zero attached hydrogens (tertiary/aromatic N) is 2. The number of para-hydroxylation sites is 1. The van der Waals surface area contributed by atoms with Crippen LogP contribution in [-0.4, -0.2) is 55.1 Å². The minimum atomic E-state index is -0.168. The van der Waals surface area contributed by atoms with Crippen molar-refractivity contribution in [2.75, 3.05) is 38.5 Å². The van der Waals surface area contributed by atoms with E-state index >= 15 is 0 Å². The Morgan fingerprint density at radius 2 is 1.50 bits per heavy atom. The second kappa shape index (κ2) is 8.83. The van der Waals surface area contributed by atoms with Crippen LogP contribution in [-0.2, 0) is 0 Å². The van der Waals surface area contributed by atoms with Crippen molar-refractivity contribution in [1.82, 2.24) is 15.1 Å². The standard InChI is InChI=1S/C21H28N4O/c1-17(22-21(26)23-19-11-7-4-8-12-19)20(18-9-5-3-6-10-18)25-15-13-24(2)14-16-25/h3-12,17,20H,13-16H2,1-2H3,(H2,22,23,26)/t17-,20+/m0/s1. The Hall–Kier alpha value is -2.37. The van der Waals surface area contributed by atoms with Gasteiger partial charge >= 0.3 is 6.03 Å². The molecule has 0 unspecified atom stereocenters. The van der Waals surface area contributed by atoms with Gasteiger partial charge in [-0.3, -0.25) is 4.90 Å². The summed E-state index contributed by atoms with van der Waals surface area (Å²) < 4.78 is 0. The van der Waals surface area contributed by atoms with Gasteiger partial charge in [-0.2, -0.15) is 0 Å². The van der Waals surface area contributed by atoms with Gasteiger partial charge in [0.15, 0.2) is 0 Å². The number of urea groups is 1. The number of rotatable bonds is 5. The van der Waals surface area contributed by atoms with Crippen molar-refractivity contribution in [3.63, 3.8) is 0 Å². The maximum atomic E-state index is 12.4. The lowest BCUT2D eigenvalue weighted by molar-refractivity contribution is 0.0954. The van der Waals surface area contributed by atoms with Gasteiger partial charge in [0.1, 0.15) is 0 Å². The van der Waals surface area contributed by atoms with Crippen LogP contribution >= 0.6 is 0 Å². The summed E-state index contributed by atoms with van der Waals surface area (Å²) in [6.07, 6.45) is 0. The number of nitrogens with one attached hydrogen (secondary N) is 2. The molecule has 1 saturated heterocycles. The van der Waals surface area contributed by atoms with Gasteiger partial charge in [-0.25, -0.2) is 4.79 Å². The van der Waals surface area contributed by atoms with Crippen molar-refractivity contribution in [2.45, 2.75) is 19.0 Å². The van der Waals surface area contributed by atoms with Crippen molar-refractivity contribution < 1.29 is 4.79 Å². The smallest absolute Gasteiger partial charge is 0.319 e. The summed E-state index contributed by atoms with van der Waals surface area (Å²) in [5, 5.41) is 6.04. The third-order valence-electron chi connectivity index (χ3n) is 4.94. The quantitative estimate of drug-likeness (QED) is 0.869. The molecular formula is C21H28N4O. The zero-order valence-electron chi connectivity index (χ0n) is 15.6. The molecule has 3 rings (SSSR count). The number of hydrogen-bond acceptors (Lipinski definition) is 3. The van der Waals surface area contributed by atoms with E-state index in [9.17, 15) is 4.79 Å². The number of amides is 2. The Bertz CT molecular complexity index is 684. The lowest BCUT2D eigenvalue weighted by atomic mass is 9.98. The van der Waals surface area contributed by atoms with E-state index in [1.807, 2.05) is 36.4 Å². The molecule has 0 saturated carbocycles. The molecule has 0 bridgehead atoms. The second-order valence-corrected chi connectivity index (χ2v) is 6.95. The first kappa shape index (κ1) is 18.4. The van der Waals surface area contributed by atoms with Crippen LogP contribution in [0.4, 0.5) is 10.5 Å². The van der Waals surface area contributed by atoms with Crippen LogP contribution in [0.2, 0.25) is 0 Å². The molecule has 0 aliphatic carbocycles. The Morgan fingerprint density at radius 3 is 2.12 bits per heavy atom. The Balaban J connectivity index is 1.70. The van der Waals surface area contributed by atoms with Crippen molar-refractivity contribution in [2.24, 2.45) is 0 Å². The highest BCUT2D eigenvalue weighted by molar-refractivity contribution is 5.89. The van der Waals surface area contributed by atoms with Crippen LogP contribution in [0.3, 0.4) is 0 Å². The summed E-state index contributed by atoms with van der Waals surface area (Å²) in [5.74, 6) is 0. The molecule has 2 amide bonds. The summed E-state index contributed by atoms with van der Waals surface area (Å²) >= 11 is 0. The van der Waals surface area contributed by atoms with Crippen molar-refractivity contribution in [3.05, 3.63) is 66.2 Å². The Kier molecular flexibility index (Phi) is 6.26. The predicted octanol–water partition coefficient (Wildman–Crippen LogP) is 3.19. The largest absolute Gasteiger partial charge is 0.333 e. The maximum Gasteiger partial charge on any atom is 0.319 e. The van der Waals surface area contributed by atoms with Gasteiger partial charge in [0.25, 0.3) is 0 Å². The number of likely N-dealkylation sites (N-methyl/N-ethyl adjacent to an activating group) is 1. The molecule has 2 aromatic carbocycles. The van der Waals surface area contributed by atoms with E-state index in [1.54, 1.807) is 0 Å². The monoisotopic (exact) mass is 352 g/mol. The van der Waals surface area contributed by atoms with E-state index in [2.05, 4.69) is 58.7 Å². The molecule has 1 aliphatic heterocycles. The van der Waals surface area contributed by atoms with E-state index < -0.39 is 0 Å². The minimum absolute atomic E-state index is 0.00971. The van der Waals surface area contributed by atoms with Crippen LogP contribution < -0.4 is 10.6 Å². The lowest BCUT2D eigenvalue weighted by Gasteiger charge is -2.41. The molecule has 5 heteroatoms. The predicted molar refractivity (Wildman–Crippen MR) is 106 cm³/mol. The highest BCUT2D eigenvalue weighted by Gasteiger charge is 2.29.